The molecule has 0 saturated heterocycles. The van der Waals surface area contributed by atoms with Gasteiger partial charge in [0.25, 0.3) is 5.91 Å². The van der Waals surface area contributed by atoms with Crippen LogP contribution in [0.5, 0.6) is 5.75 Å². The van der Waals surface area contributed by atoms with Crippen molar-refractivity contribution in [3.8, 4) is 16.9 Å². The average Bonchev–Trinajstić information content (AvgIpc) is 3.63. The first kappa shape index (κ1) is 30.9. The maximum absolute atomic E-state index is 14.1. The first-order valence-corrected chi connectivity index (χ1v) is 14.8. The van der Waals surface area contributed by atoms with Gasteiger partial charge in [-0.2, -0.15) is 5.10 Å². The Hall–Kier alpha value is -4.50. The molecule has 0 spiro atoms. The standard InChI is InChI=1S/C34H37ClN4O5/c1-19-16-24(17-20(2)30(19)35)43-15-9-12-26-25-10-8-11-27(29-21(3)36-39(7)22(29)4)31(25)38(6)32(26)33(40)37(5)18-23-13-14-28(44-23)34(41)42/h8,10-11,13-14,16-17H,9,12,15,18H2,1-7H3,(H,41,42). The number of amides is 1. The second kappa shape index (κ2) is 12.2. The van der Waals surface area contributed by atoms with Crippen LogP contribution in [0.4, 0.5) is 0 Å². The predicted octanol–water partition coefficient (Wildman–Crippen LogP) is 7.04. The van der Waals surface area contributed by atoms with Gasteiger partial charge in [0.1, 0.15) is 17.2 Å². The van der Waals surface area contributed by atoms with E-state index in [1.54, 1.807) is 18.0 Å². The molecule has 5 aromatic rings. The number of ether oxygens (including phenoxy) is 1. The zero-order valence-electron chi connectivity index (χ0n) is 26.1. The number of fused-ring (bicyclic) bond motifs is 1. The van der Waals surface area contributed by atoms with E-state index in [0.717, 1.165) is 60.9 Å². The van der Waals surface area contributed by atoms with Crippen LogP contribution >= 0.6 is 11.6 Å². The number of benzene rings is 2. The van der Waals surface area contributed by atoms with E-state index in [0.29, 0.717) is 30.9 Å². The van der Waals surface area contributed by atoms with Crippen molar-refractivity contribution in [2.45, 2.75) is 47.1 Å². The Labute approximate surface area is 261 Å². The predicted molar refractivity (Wildman–Crippen MR) is 171 cm³/mol. The van der Waals surface area contributed by atoms with Gasteiger partial charge in [-0.05, 0) is 81.5 Å². The van der Waals surface area contributed by atoms with E-state index in [1.165, 1.54) is 6.07 Å². The fraction of sp³-hybridized carbons (Fsp3) is 0.324. The number of carboxylic acids is 1. The first-order chi connectivity index (χ1) is 20.9. The Kier molecular flexibility index (Phi) is 8.61. The minimum Gasteiger partial charge on any atom is -0.494 e. The van der Waals surface area contributed by atoms with Crippen LogP contribution in [0.1, 0.15) is 61.3 Å². The largest absolute Gasteiger partial charge is 0.494 e. The molecule has 0 fully saturated rings. The molecular weight excluding hydrogens is 580 g/mol. The monoisotopic (exact) mass is 616 g/mol. The summed E-state index contributed by atoms with van der Waals surface area (Å²) >= 11 is 6.33. The summed E-state index contributed by atoms with van der Waals surface area (Å²) in [5, 5.41) is 15.6. The highest BCUT2D eigenvalue weighted by Crippen LogP contribution is 2.37. The van der Waals surface area contributed by atoms with Gasteiger partial charge in [-0.3, -0.25) is 9.48 Å². The van der Waals surface area contributed by atoms with Crippen LogP contribution in [0.15, 0.2) is 46.9 Å². The second-order valence-corrected chi connectivity index (χ2v) is 11.7. The van der Waals surface area contributed by atoms with Gasteiger partial charge in [0.15, 0.2) is 0 Å². The maximum Gasteiger partial charge on any atom is 0.371 e. The number of hydrogen-bond acceptors (Lipinski definition) is 5. The van der Waals surface area contributed by atoms with Gasteiger partial charge in [0.2, 0.25) is 5.76 Å². The molecule has 10 heteroatoms. The molecule has 0 radical (unpaired) electrons. The van der Waals surface area contributed by atoms with E-state index in [-0.39, 0.29) is 18.2 Å². The highest BCUT2D eigenvalue weighted by molar-refractivity contribution is 6.32. The summed E-state index contributed by atoms with van der Waals surface area (Å²) < 4.78 is 15.4. The smallest absolute Gasteiger partial charge is 0.371 e. The van der Waals surface area contributed by atoms with Gasteiger partial charge in [-0.1, -0.05) is 29.8 Å². The maximum atomic E-state index is 14.1. The van der Waals surface area contributed by atoms with Gasteiger partial charge in [-0.15, -0.1) is 0 Å². The average molecular weight is 617 g/mol. The summed E-state index contributed by atoms with van der Waals surface area (Å²) in [6.07, 6.45) is 1.29. The van der Waals surface area contributed by atoms with Crippen LogP contribution in [-0.2, 0) is 27.1 Å². The number of carbonyl (C=O) groups is 2. The van der Waals surface area contributed by atoms with Crippen molar-refractivity contribution in [3.05, 3.63) is 92.8 Å². The molecule has 0 aliphatic carbocycles. The molecule has 0 aliphatic rings. The molecule has 3 heterocycles. The molecule has 5 rings (SSSR count). The van der Waals surface area contributed by atoms with Crippen LogP contribution in [0.3, 0.4) is 0 Å². The van der Waals surface area contributed by atoms with Gasteiger partial charge in [-0.25, -0.2) is 4.79 Å². The number of aryl methyl sites for hydroxylation is 6. The number of carbonyl (C=O) groups excluding carboxylic acids is 1. The van der Waals surface area contributed by atoms with Crippen molar-refractivity contribution in [3.63, 3.8) is 0 Å². The lowest BCUT2D eigenvalue weighted by molar-refractivity contribution is 0.0658. The fourth-order valence-corrected chi connectivity index (χ4v) is 6.08. The number of aromatic nitrogens is 3. The Morgan fingerprint density at radius 1 is 1.07 bits per heavy atom. The van der Waals surface area contributed by atoms with Crippen molar-refractivity contribution >= 4 is 34.4 Å². The molecule has 0 bridgehead atoms. The van der Waals surface area contributed by atoms with Crippen LogP contribution in [0.25, 0.3) is 22.0 Å². The van der Waals surface area contributed by atoms with Crippen molar-refractivity contribution in [1.29, 1.82) is 0 Å². The third-order valence-corrected chi connectivity index (χ3v) is 8.76. The minimum absolute atomic E-state index is 0.124. The highest BCUT2D eigenvalue weighted by atomic mass is 35.5. The van der Waals surface area contributed by atoms with Gasteiger partial charge in [0, 0.05) is 48.4 Å². The van der Waals surface area contributed by atoms with Crippen LogP contribution < -0.4 is 4.74 Å². The molecule has 0 aliphatic heterocycles. The fourth-order valence-electron chi connectivity index (χ4n) is 5.97. The molecule has 2 aromatic carbocycles. The first-order valence-electron chi connectivity index (χ1n) is 14.5. The number of furan rings is 1. The van der Waals surface area contributed by atoms with E-state index < -0.39 is 5.97 Å². The zero-order valence-corrected chi connectivity index (χ0v) is 26.9. The van der Waals surface area contributed by atoms with Crippen LogP contribution in [-0.4, -0.2) is 49.9 Å². The van der Waals surface area contributed by atoms with Crippen molar-refractivity contribution in [2.75, 3.05) is 13.7 Å². The Balaban J connectivity index is 1.52. The summed E-state index contributed by atoms with van der Waals surface area (Å²) in [6.45, 7) is 8.55. The van der Waals surface area contributed by atoms with Crippen LogP contribution in [0, 0.1) is 27.7 Å². The molecule has 0 atom stereocenters. The summed E-state index contributed by atoms with van der Waals surface area (Å²) in [5.74, 6) is -0.350. The van der Waals surface area contributed by atoms with E-state index in [4.69, 9.17) is 20.8 Å². The molecule has 0 saturated carbocycles. The van der Waals surface area contributed by atoms with Crippen molar-refractivity contribution < 1.29 is 23.8 Å². The molecular formula is C34H37ClN4O5. The number of aromatic carboxylic acids is 1. The van der Waals surface area contributed by atoms with Crippen molar-refractivity contribution in [1.82, 2.24) is 19.2 Å². The van der Waals surface area contributed by atoms with Crippen LogP contribution in [0.2, 0.25) is 5.02 Å². The third kappa shape index (κ3) is 5.71. The lowest BCUT2D eigenvalue weighted by Crippen LogP contribution is -2.28. The summed E-state index contributed by atoms with van der Waals surface area (Å²) in [4.78, 5) is 27.0. The molecule has 1 N–H and O–H groups in total. The lowest BCUT2D eigenvalue weighted by Gasteiger charge is -2.18. The lowest BCUT2D eigenvalue weighted by atomic mass is 9.98. The number of rotatable bonds is 10. The Morgan fingerprint density at radius 3 is 2.39 bits per heavy atom. The molecule has 230 valence electrons. The van der Waals surface area contributed by atoms with Gasteiger partial charge in [0.05, 0.1) is 24.4 Å². The summed E-state index contributed by atoms with van der Waals surface area (Å²) in [5.41, 5.74) is 8.39. The number of halogens is 1. The third-order valence-electron chi connectivity index (χ3n) is 8.16. The van der Waals surface area contributed by atoms with E-state index >= 15 is 0 Å². The molecule has 44 heavy (non-hydrogen) atoms. The second-order valence-electron chi connectivity index (χ2n) is 11.3. The summed E-state index contributed by atoms with van der Waals surface area (Å²) in [7, 11) is 5.54. The number of hydrogen-bond donors (Lipinski definition) is 1. The van der Waals surface area contributed by atoms with Gasteiger partial charge >= 0.3 is 5.97 Å². The van der Waals surface area contributed by atoms with E-state index in [9.17, 15) is 14.7 Å². The minimum atomic E-state index is -1.15. The topological polar surface area (TPSA) is 103 Å². The normalized spacial score (nSPS) is 11.4. The SMILES string of the molecule is Cc1cc(OCCCc2c(C(=O)N(C)Cc3ccc(C(=O)O)o3)n(C)c3c(-c4c(C)nn(C)c4C)cccc23)cc(C)c1Cl. The highest BCUT2D eigenvalue weighted by Gasteiger charge is 2.27. The zero-order chi connectivity index (χ0) is 31.9. The van der Waals surface area contributed by atoms with E-state index in [1.807, 2.05) is 69.2 Å². The Morgan fingerprint density at radius 2 is 1.77 bits per heavy atom. The Bertz CT molecular complexity index is 1870. The van der Waals surface area contributed by atoms with Gasteiger partial charge < -0.3 is 23.7 Å². The molecule has 3 aromatic heterocycles. The quantitative estimate of drug-likeness (QED) is 0.169. The number of nitrogens with zero attached hydrogens (tertiary/aromatic N) is 4. The molecule has 9 nitrogen and oxygen atoms in total. The van der Waals surface area contributed by atoms with Crippen molar-refractivity contribution in [2.24, 2.45) is 14.1 Å². The summed E-state index contributed by atoms with van der Waals surface area (Å²) in [6, 6.07) is 13.0. The molecule has 1 amide bonds. The molecule has 0 unspecified atom stereocenters. The van der Waals surface area contributed by atoms with E-state index in [2.05, 4.69) is 17.2 Å². The number of para-hydroxylation sites is 1. The number of carboxylic acid groups (broad SMARTS) is 1.